The van der Waals surface area contributed by atoms with Crippen LogP contribution >= 0.6 is 0 Å². The smallest absolute Gasteiger partial charge is 0.127 e. The van der Waals surface area contributed by atoms with Crippen molar-refractivity contribution in [3.8, 4) is 45.3 Å². The van der Waals surface area contributed by atoms with E-state index >= 15 is 0 Å². The fraction of sp³-hybridized carbons (Fsp3) is 0.308. The zero-order chi connectivity index (χ0) is 24.0. The summed E-state index contributed by atoms with van der Waals surface area (Å²) in [6, 6.07) is 14.7. The van der Waals surface area contributed by atoms with E-state index in [0.717, 1.165) is 0 Å². The normalized spacial score (nSPS) is 12.0. The SMILES string of the molecule is CCc1c(O)cc(O)c(-c2[c]ccc(OC)c2-c2cccc(O)c2)c1CCOCC(O)CO. The van der Waals surface area contributed by atoms with Gasteiger partial charge in [-0.25, -0.2) is 0 Å². The molecule has 0 aliphatic carbocycles. The highest BCUT2D eigenvalue weighted by Crippen LogP contribution is 2.46. The number of rotatable bonds is 10. The van der Waals surface area contributed by atoms with Crippen LogP contribution in [0.3, 0.4) is 0 Å². The molecule has 0 amide bonds. The molecule has 0 heterocycles. The summed E-state index contributed by atoms with van der Waals surface area (Å²) in [5.41, 5.74) is 3.69. The number of hydrogen-bond donors (Lipinski definition) is 5. The van der Waals surface area contributed by atoms with Gasteiger partial charge in [-0.05, 0) is 53.8 Å². The molecule has 3 aromatic rings. The van der Waals surface area contributed by atoms with Gasteiger partial charge in [-0.3, -0.25) is 0 Å². The van der Waals surface area contributed by atoms with E-state index in [1.54, 1.807) is 37.4 Å². The number of hydrogen-bond acceptors (Lipinski definition) is 7. The maximum Gasteiger partial charge on any atom is 0.127 e. The molecule has 5 N–H and O–H groups in total. The largest absolute Gasteiger partial charge is 0.508 e. The Bertz CT molecular complexity index is 1090. The molecular weight excluding hydrogens is 424 g/mol. The van der Waals surface area contributed by atoms with Crippen molar-refractivity contribution in [2.45, 2.75) is 25.9 Å². The maximum atomic E-state index is 10.9. The summed E-state index contributed by atoms with van der Waals surface area (Å²) in [5.74, 6) is 0.477. The number of phenols is 3. The molecular formula is C26H29O7. The van der Waals surface area contributed by atoms with Gasteiger partial charge in [-0.2, -0.15) is 0 Å². The third-order valence-electron chi connectivity index (χ3n) is 5.44. The Labute approximate surface area is 193 Å². The van der Waals surface area contributed by atoms with Crippen LogP contribution in [0.1, 0.15) is 18.1 Å². The van der Waals surface area contributed by atoms with Crippen molar-refractivity contribution < 1.29 is 35.0 Å². The van der Waals surface area contributed by atoms with E-state index in [1.807, 2.05) is 13.0 Å². The first-order chi connectivity index (χ1) is 15.9. The Morgan fingerprint density at radius 1 is 1.00 bits per heavy atom. The zero-order valence-corrected chi connectivity index (χ0v) is 18.7. The van der Waals surface area contributed by atoms with Crippen molar-refractivity contribution in [2.24, 2.45) is 0 Å². The summed E-state index contributed by atoms with van der Waals surface area (Å²) in [6.07, 6.45) is -0.126. The lowest BCUT2D eigenvalue weighted by atomic mass is 9.86. The predicted molar refractivity (Wildman–Crippen MR) is 125 cm³/mol. The van der Waals surface area contributed by atoms with Crippen LogP contribution in [-0.2, 0) is 17.6 Å². The van der Waals surface area contributed by atoms with Gasteiger partial charge in [-0.1, -0.05) is 25.1 Å². The van der Waals surface area contributed by atoms with E-state index < -0.39 is 12.7 Å². The van der Waals surface area contributed by atoms with Gasteiger partial charge >= 0.3 is 0 Å². The molecule has 0 bridgehead atoms. The van der Waals surface area contributed by atoms with Gasteiger partial charge in [0.2, 0.25) is 0 Å². The number of phenolic OH excluding ortho intramolecular Hbond substituents is 3. The third kappa shape index (κ3) is 5.39. The van der Waals surface area contributed by atoms with Gasteiger partial charge in [0.25, 0.3) is 0 Å². The summed E-state index contributed by atoms with van der Waals surface area (Å²) >= 11 is 0. The number of methoxy groups -OCH3 is 1. The predicted octanol–water partition coefficient (Wildman–Crippen LogP) is 3.42. The Balaban J connectivity index is 2.18. The van der Waals surface area contributed by atoms with Gasteiger partial charge in [0, 0.05) is 22.8 Å². The molecule has 175 valence electrons. The minimum Gasteiger partial charge on any atom is -0.508 e. The molecule has 7 heteroatoms. The lowest BCUT2D eigenvalue weighted by Crippen LogP contribution is -2.20. The molecule has 0 aliphatic rings. The maximum absolute atomic E-state index is 10.9. The van der Waals surface area contributed by atoms with E-state index in [1.165, 1.54) is 6.07 Å². The summed E-state index contributed by atoms with van der Waals surface area (Å²) in [4.78, 5) is 0. The summed E-state index contributed by atoms with van der Waals surface area (Å²) < 4.78 is 11.1. The minimum absolute atomic E-state index is 0.0223. The fourth-order valence-electron chi connectivity index (χ4n) is 3.94. The van der Waals surface area contributed by atoms with E-state index in [2.05, 4.69) is 6.07 Å². The van der Waals surface area contributed by atoms with E-state index in [0.29, 0.717) is 52.0 Å². The van der Waals surface area contributed by atoms with Crippen LogP contribution in [0.25, 0.3) is 22.3 Å². The second-order valence-electron chi connectivity index (χ2n) is 7.61. The number of aromatic hydroxyl groups is 3. The van der Waals surface area contributed by atoms with E-state index in [-0.39, 0.29) is 30.5 Å². The molecule has 0 saturated carbocycles. The molecule has 1 atom stereocenters. The van der Waals surface area contributed by atoms with Crippen molar-refractivity contribution in [3.63, 3.8) is 0 Å². The third-order valence-corrected chi connectivity index (χ3v) is 5.44. The van der Waals surface area contributed by atoms with Crippen LogP contribution in [0, 0.1) is 6.07 Å². The summed E-state index contributed by atoms with van der Waals surface area (Å²) in [7, 11) is 1.54. The van der Waals surface area contributed by atoms with Crippen LogP contribution in [-0.4, -0.2) is 58.6 Å². The highest BCUT2D eigenvalue weighted by atomic mass is 16.5. The fourth-order valence-corrected chi connectivity index (χ4v) is 3.94. The summed E-state index contributed by atoms with van der Waals surface area (Å²) in [6.45, 7) is 1.68. The van der Waals surface area contributed by atoms with Gasteiger partial charge in [0.05, 0.1) is 26.9 Å². The zero-order valence-electron chi connectivity index (χ0n) is 18.7. The molecule has 1 unspecified atom stereocenters. The molecule has 0 aliphatic heterocycles. The Morgan fingerprint density at radius 3 is 2.45 bits per heavy atom. The van der Waals surface area contributed by atoms with E-state index in [4.69, 9.17) is 14.6 Å². The molecule has 0 saturated heterocycles. The quantitative estimate of drug-likeness (QED) is 0.298. The highest BCUT2D eigenvalue weighted by molar-refractivity contribution is 5.91. The number of aliphatic hydroxyl groups excluding tert-OH is 2. The average molecular weight is 454 g/mol. The first-order valence-electron chi connectivity index (χ1n) is 10.7. The monoisotopic (exact) mass is 453 g/mol. The summed E-state index contributed by atoms with van der Waals surface area (Å²) in [5, 5.41) is 50.0. The van der Waals surface area contributed by atoms with Gasteiger partial charge in [0.15, 0.2) is 0 Å². The van der Waals surface area contributed by atoms with Gasteiger partial charge < -0.3 is 35.0 Å². The Kier molecular flexibility index (Phi) is 8.16. The molecule has 3 aromatic carbocycles. The van der Waals surface area contributed by atoms with Crippen LogP contribution in [0.2, 0.25) is 0 Å². The molecule has 0 fully saturated rings. The van der Waals surface area contributed by atoms with Crippen LogP contribution in [0.15, 0.2) is 42.5 Å². The topological polar surface area (TPSA) is 120 Å². The number of aliphatic hydroxyl groups is 2. The molecule has 33 heavy (non-hydrogen) atoms. The Morgan fingerprint density at radius 2 is 1.79 bits per heavy atom. The second-order valence-corrected chi connectivity index (χ2v) is 7.61. The average Bonchev–Trinajstić information content (AvgIpc) is 2.81. The van der Waals surface area contributed by atoms with Crippen molar-refractivity contribution in [1.29, 1.82) is 0 Å². The molecule has 1 radical (unpaired) electrons. The lowest BCUT2D eigenvalue weighted by Gasteiger charge is -2.21. The minimum atomic E-state index is -0.975. The van der Waals surface area contributed by atoms with Crippen molar-refractivity contribution >= 4 is 0 Å². The first kappa shape index (κ1) is 24.4. The highest BCUT2D eigenvalue weighted by Gasteiger charge is 2.23. The van der Waals surface area contributed by atoms with Crippen LogP contribution in [0.4, 0.5) is 0 Å². The van der Waals surface area contributed by atoms with Crippen molar-refractivity contribution in [2.75, 3.05) is 26.9 Å². The van der Waals surface area contributed by atoms with Crippen LogP contribution in [0.5, 0.6) is 23.0 Å². The first-order valence-corrected chi connectivity index (χ1v) is 10.7. The number of ether oxygens (including phenoxy) is 2. The Hall–Kier alpha value is -3.26. The standard InChI is InChI=1S/C26H29O7/c1-3-19-20(10-11-33-15-18(29)14-27)26(23(31)13-22(19)30)21-8-5-9-24(32-2)25(21)16-6-4-7-17(28)12-16/h4-7,9,12-13,18,27-31H,3,10-11,14-15H2,1-2H3. The lowest BCUT2D eigenvalue weighted by molar-refractivity contribution is 0.00720. The molecule has 3 rings (SSSR count). The molecule has 0 aromatic heterocycles. The second kappa shape index (κ2) is 11.0. The van der Waals surface area contributed by atoms with Crippen molar-refractivity contribution in [1.82, 2.24) is 0 Å². The molecule has 0 spiro atoms. The van der Waals surface area contributed by atoms with Crippen molar-refractivity contribution in [3.05, 3.63) is 59.7 Å². The van der Waals surface area contributed by atoms with Crippen LogP contribution < -0.4 is 4.74 Å². The van der Waals surface area contributed by atoms with Gasteiger partial charge in [-0.15, -0.1) is 0 Å². The van der Waals surface area contributed by atoms with E-state index in [9.17, 15) is 20.4 Å². The molecule has 7 nitrogen and oxygen atoms in total. The number of benzene rings is 3. The van der Waals surface area contributed by atoms with Gasteiger partial charge in [0.1, 0.15) is 29.1 Å².